The number of fused-ring (bicyclic) bond motifs is 3. The van der Waals surface area contributed by atoms with E-state index < -0.39 is 0 Å². The van der Waals surface area contributed by atoms with Crippen molar-refractivity contribution < 1.29 is 9.47 Å². The Morgan fingerprint density at radius 3 is 0.989 bits per heavy atom. The first-order valence-electron chi connectivity index (χ1n) is 34.9. The minimum absolute atomic E-state index is 0.266. The summed E-state index contributed by atoms with van der Waals surface area (Å²) in [7, 11) is 0. The number of halogens is 2. The van der Waals surface area contributed by atoms with E-state index in [0.29, 0.717) is 89.6 Å². The average Bonchev–Trinajstić information content (AvgIpc) is 1.58. The Bertz CT molecular complexity index is 3460. The van der Waals surface area contributed by atoms with Crippen molar-refractivity contribution in [3.05, 3.63) is 128 Å². The van der Waals surface area contributed by atoms with Crippen LogP contribution in [-0.2, 0) is 0 Å². The highest BCUT2D eigenvalue weighted by Crippen LogP contribution is 2.35. The van der Waals surface area contributed by atoms with E-state index in [1.165, 1.54) is 193 Å². The zero-order valence-corrected chi connectivity index (χ0v) is 56.3. The Hall–Kier alpha value is -6.72. The van der Waals surface area contributed by atoms with Gasteiger partial charge < -0.3 is 19.4 Å². The van der Waals surface area contributed by atoms with E-state index >= 15 is 0 Å². The summed E-state index contributed by atoms with van der Waals surface area (Å²) in [5.41, 5.74) is 8.38. The fourth-order valence-electron chi connectivity index (χ4n) is 12.7. The van der Waals surface area contributed by atoms with Crippen molar-refractivity contribution in [2.45, 2.75) is 246 Å². The van der Waals surface area contributed by atoms with Crippen LogP contribution in [0.25, 0.3) is 66.5 Å². The number of benzene rings is 4. The van der Waals surface area contributed by atoms with Crippen LogP contribution in [0.5, 0.6) is 11.5 Å². The maximum atomic E-state index is 11.3. The minimum atomic E-state index is 0.266. The lowest BCUT2D eigenvalue weighted by Crippen LogP contribution is -2.12. The number of hydrogen-bond donors (Lipinski definition) is 2. The quantitative estimate of drug-likeness (QED) is 0.0359. The Morgan fingerprint density at radius 2 is 0.700 bits per heavy atom. The lowest BCUT2D eigenvalue weighted by atomic mass is 10.0. The summed E-state index contributed by atoms with van der Waals surface area (Å²) in [6, 6.07) is 28.7. The molecular weight excluding hydrogens is 1150 g/mol. The summed E-state index contributed by atoms with van der Waals surface area (Å²) < 4.78 is 12.7. The maximum absolute atomic E-state index is 11.3. The van der Waals surface area contributed by atoms with E-state index in [1.807, 2.05) is 86.6 Å². The zero-order valence-electron chi connectivity index (χ0n) is 54.8. The molecule has 2 N–H and O–H groups in total. The number of nitriles is 2. The van der Waals surface area contributed by atoms with Crippen molar-refractivity contribution in [2.75, 3.05) is 13.2 Å². The molecule has 0 fully saturated rings. The number of H-pyrrole nitrogens is 2. The molecule has 0 amide bonds. The van der Waals surface area contributed by atoms with Gasteiger partial charge in [-0.15, -0.1) is 0 Å². The monoisotopic (exact) mass is 1250 g/mol. The molecule has 0 bridgehead atoms. The summed E-state index contributed by atoms with van der Waals surface area (Å²) in [5.74, 6) is 1.55. The smallest absolute Gasteiger partial charge is 0.119 e. The van der Waals surface area contributed by atoms with Crippen LogP contribution in [0.2, 0.25) is 10.0 Å². The number of rotatable bonds is 42. The van der Waals surface area contributed by atoms with Gasteiger partial charge in [0, 0.05) is 10.8 Å². The lowest BCUT2D eigenvalue weighted by molar-refractivity contribution is 0.304. The second-order valence-electron chi connectivity index (χ2n) is 25.3. The van der Waals surface area contributed by atoms with Crippen LogP contribution in [-0.4, -0.2) is 43.1 Å². The molecule has 478 valence electrons. The third kappa shape index (κ3) is 20.6. The molecule has 4 heterocycles. The molecule has 0 saturated heterocycles. The average molecular weight is 1250 g/mol. The standard InChI is InChI=1S/C78H100Cl2N8O2/c1-5-7-9-11-13-15-17-19-21-23-25-27-29-31-33-35-37-47-89-61-43-39-59(40-44-61)73-71-72(76(87-73)64(54-82)70-56-84-78-66(80)50-58(4)52-68(78)86-70)74(88-75(71)63(53-81)69-55-83-77-65(79)49-57(3)51-67(77)85-69)60-41-45-62(46-42-60)90-48-38-36-34-32-30-28-26-24-22-20-18-16-14-12-10-8-6-2/h39-46,49-52,55-56,87-88H,5-38,47-48H2,1-4H3/b75-63-,76-64-. The van der Waals surface area contributed by atoms with Gasteiger partial charge in [-0.05, 0) is 122 Å². The molecule has 0 atom stereocenters. The van der Waals surface area contributed by atoms with Crippen molar-refractivity contribution in [2.24, 2.45) is 0 Å². The van der Waals surface area contributed by atoms with E-state index in [4.69, 9.17) is 52.6 Å². The second-order valence-corrected chi connectivity index (χ2v) is 26.1. The molecule has 10 nitrogen and oxygen atoms in total. The van der Waals surface area contributed by atoms with Crippen LogP contribution < -0.4 is 20.2 Å². The van der Waals surface area contributed by atoms with E-state index in [-0.39, 0.29) is 11.1 Å². The number of aromatic amines is 2. The molecule has 8 aromatic rings. The summed E-state index contributed by atoms with van der Waals surface area (Å²) in [6.45, 7) is 9.76. The molecule has 0 spiro atoms. The molecule has 8 rings (SSSR count). The number of aromatic nitrogens is 6. The number of ether oxygens (including phenoxy) is 2. The molecule has 4 aromatic heterocycles. The normalized spacial score (nSPS) is 12.3. The number of hydrogen-bond acceptors (Lipinski definition) is 8. The number of nitrogens with zero attached hydrogens (tertiary/aromatic N) is 6. The van der Waals surface area contributed by atoms with Crippen molar-refractivity contribution in [1.29, 1.82) is 10.5 Å². The van der Waals surface area contributed by atoms with Crippen LogP contribution in [0.4, 0.5) is 0 Å². The van der Waals surface area contributed by atoms with E-state index in [0.717, 1.165) is 59.4 Å². The van der Waals surface area contributed by atoms with Crippen molar-refractivity contribution in [3.63, 3.8) is 0 Å². The van der Waals surface area contributed by atoms with Crippen LogP contribution >= 0.6 is 23.2 Å². The van der Waals surface area contributed by atoms with Gasteiger partial charge in [-0.25, -0.2) is 9.97 Å². The van der Waals surface area contributed by atoms with Crippen molar-refractivity contribution in [3.8, 4) is 46.2 Å². The van der Waals surface area contributed by atoms with Gasteiger partial charge in [-0.1, -0.05) is 243 Å². The first-order valence-corrected chi connectivity index (χ1v) is 35.6. The van der Waals surface area contributed by atoms with Gasteiger partial charge in [0.25, 0.3) is 0 Å². The number of unbranched alkanes of at least 4 members (excludes halogenated alkanes) is 32. The predicted octanol–water partition coefficient (Wildman–Crippen LogP) is 22.1. The van der Waals surface area contributed by atoms with Gasteiger partial charge in [0.05, 0.1) is 68.8 Å². The Morgan fingerprint density at radius 1 is 0.411 bits per heavy atom. The third-order valence-corrected chi connectivity index (χ3v) is 18.4. The Balaban J connectivity index is 1.00. The highest BCUT2D eigenvalue weighted by Gasteiger charge is 2.24. The van der Waals surface area contributed by atoms with Crippen molar-refractivity contribution in [1.82, 2.24) is 29.9 Å². The molecule has 0 unspecified atom stereocenters. The van der Waals surface area contributed by atoms with Crippen LogP contribution in [0, 0.1) is 36.5 Å². The van der Waals surface area contributed by atoms with Crippen LogP contribution in [0.3, 0.4) is 0 Å². The third-order valence-electron chi connectivity index (χ3n) is 17.8. The molecule has 0 aliphatic carbocycles. The number of nitrogens with one attached hydrogen (secondary N) is 2. The second kappa shape index (κ2) is 38.2. The van der Waals surface area contributed by atoms with E-state index in [9.17, 15) is 10.5 Å². The van der Waals surface area contributed by atoms with Gasteiger partial charge in [0.1, 0.15) is 57.2 Å². The predicted molar refractivity (Wildman–Crippen MR) is 377 cm³/mol. The molecule has 12 heteroatoms. The van der Waals surface area contributed by atoms with E-state index in [2.05, 4.69) is 36.0 Å². The van der Waals surface area contributed by atoms with Crippen molar-refractivity contribution >= 4 is 67.2 Å². The highest BCUT2D eigenvalue weighted by molar-refractivity contribution is 6.35. The van der Waals surface area contributed by atoms with Gasteiger partial charge in [0.15, 0.2) is 0 Å². The summed E-state index contributed by atoms with van der Waals surface area (Å²) in [5, 5.41) is 26.0. The van der Waals surface area contributed by atoms with E-state index in [1.54, 1.807) is 12.4 Å². The number of aryl methyl sites for hydroxylation is 2. The SMILES string of the molecule is CCCCCCCCCCCCCCCCCCCOc1ccc(-c2[nH]/c(=C(/C#N)c3cnc4c(Cl)cc(C)cc4n3)c3c(-c4ccc(OCCCCCCCCCCCCCCCCCCC)cc4)[nH]/c(=C(/C#N)c4cnc5c(Cl)cc(C)cc5n4)c23)cc1. The zero-order chi connectivity index (χ0) is 63.1. The minimum Gasteiger partial charge on any atom is -0.494 e. The molecule has 4 aromatic carbocycles. The van der Waals surface area contributed by atoms with Gasteiger partial charge in [-0.3, -0.25) is 9.97 Å². The Labute approximate surface area is 547 Å². The van der Waals surface area contributed by atoms with Gasteiger partial charge in [0.2, 0.25) is 0 Å². The molecule has 0 aliphatic rings. The summed E-state index contributed by atoms with van der Waals surface area (Å²) in [6.07, 6.45) is 48.4. The van der Waals surface area contributed by atoms with Crippen LogP contribution in [0.15, 0.2) is 85.2 Å². The molecular formula is C78H100Cl2N8O2. The maximum Gasteiger partial charge on any atom is 0.119 e. The fraction of sp³-hybridized carbons (Fsp3) is 0.513. The molecule has 0 saturated carbocycles. The first-order chi connectivity index (χ1) is 44.2. The molecule has 0 aliphatic heterocycles. The van der Waals surface area contributed by atoms with Gasteiger partial charge >= 0.3 is 0 Å². The highest BCUT2D eigenvalue weighted by atomic mass is 35.5. The molecule has 0 radical (unpaired) electrons. The fourth-order valence-corrected chi connectivity index (χ4v) is 13.3. The Kier molecular flexibility index (Phi) is 29.4. The topological polar surface area (TPSA) is 149 Å². The van der Waals surface area contributed by atoms with Gasteiger partial charge in [-0.2, -0.15) is 10.5 Å². The molecule has 90 heavy (non-hydrogen) atoms. The lowest BCUT2D eigenvalue weighted by Gasteiger charge is -2.08. The summed E-state index contributed by atoms with van der Waals surface area (Å²) in [4.78, 5) is 27.0. The summed E-state index contributed by atoms with van der Waals surface area (Å²) >= 11 is 13.4. The van der Waals surface area contributed by atoms with Crippen LogP contribution in [0.1, 0.15) is 255 Å². The largest absolute Gasteiger partial charge is 0.494 e. The first kappa shape index (κ1) is 69.2.